The maximum atomic E-state index is 6.02. The van der Waals surface area contributed by atoms with Gasteiger partial charge in [0.2, 0.25) is 0 Å². The van der Waals surface area contributed by atoms with Crippen LogP contribution in [0, 0.1) is 0 Å². The van der Waals surface area contributed by atoms with Crippen LogP contribution in [0.5, 0.6) is 0 Å². The Labute approximate surface area is 68.7 Å². The molecule has 11 heavy (non-hydrogen) atoms. The summed E-state index contributed by atoms with van der Waals surface area (Å²) in [5, 5.41) is 0. The molecule has 0 bridgehead atoms. The van der Waals surface area contributed by atoms with E-state index in [1.54, 1.807) is 0 Å². The van der Waals surface area contributed by atoms with Gasteiger partial charge in [-0.1, -0.05) is 6.42 Å². The Kier molecular flexibility index (Phi) is 2.14. The van der Waals surface area contributed by atoms with Crippen LogP contribution in [0.1, 0.15) is 32.1 Å². The van der Waals surface area contributed by atoms with Crippen LogP contribution in [-0.4, -0.2) is 30.1 Å². The molecule has 0 unspecified atom stereocenters. The predicted molar refractivity (Wildman–Crippen MR) is 46.4 cm³/mol. The fourth-order valence-corrected chi connectivity index (χ4v) is 2.50. The number of nitrogens with zero attached hydrogens (tertiary/aromatic N) is 1. The van der Waals surface area contributed by atoms with Crippen molar-refractivity contribution in [3.8, 4) is 0 Å². The predicted octanol–water partition coefficient (Wildman–Crippen LogP) is 0.962. The molecule has 2 N–H and O–H groups in total. The lowest BCUT2D eigenvalue weighted by molar-refractivity contribution is 0.229. The van der Waals surface area contributed by atoms with Crippen molar-refractivity contribution in [1.82, 2.24) is 4.90 Å². The van der Waals surface area contributed by atoms with E-state index in [2.05, 4.69) is 4.90 Å². The summed E-state index contributed by atoms with van der Waals surface area (Å²) in [5.74, 6) is 0. The Morgan fingerprint density at radius 2 is 1.73 bits per heavy atom. The van der Waals surface area contributed by atoms with Gasteiger partial charge in [0.1, 0.15) is 0 Å². The normalized spacial score (nSPS) is 40.1. The van der Waals surface area contributed by atoms with E-state index in [0.717, 1.165) is 6.04 Å². The lowest BCUT2D eigenvalue weighted by Crippen LogP contribution is -2.42. The summed E-state index contributed by atoms with van der Waals surface area (Å²) >= 11 is 0. The molecule has 2 heteroatoms. The fraction of sp³-hybridized carbons (Fsp3) is 1.00. The van der Waals surface area contributed by atoms with Gasteiger partial charge in [0.05, 0.1) is 0 Å². The van der Waals surface area contributed by atoms with E-state index in [-0.39, 0.29) is 0 Å². The minimum Gasteiger partial charge on any atom is -0.326 e. The van der Waals surface area contributed by atoms with Gasteiger partial charge in [-0.3, -0.25) is 4.90 Å². The molecule has 0 radical (unpaired) electrons. The van der Waals surface area contributed by atoms with Gasteiger partial charge in [-0.25, -0.2) is 0 Å². The summed E-state index contributed by atoms with van der Waals surface area (Å²) in [7, 11) is 0. The highest BCUT2D eigenvalue weighted by molar-refractivity contribution is 4.89. The second-order valence-electron chi connectivity index (χ2n) is 3.91. The first-order valence-electron chi connectivity index (χ1n) is 4.87. The van der Waals surface area contributed by atoms with Crippen LogP contribution in [0.25, 0.3) is 0 Å². The summed E-state index contributed by atoms with van der Waals surface area (Å²) in [6, 6.07) is 1.21. The summed E-state index contributed by atoms with van der Waals surface area (Å²) in [6.07, 6.45) is 6.73. The number of hydrogen-bond acceptors (Lipinski definition) is 2. The summed E-state index contributed by atoms with van der Waals surface area (Å²) in [6.45, 7) is 2.61. The van der Waals surface area contributed by atoms with Crippen molar-refractivity contribution in [3.63, 3.8) is 0 Å². The van der Waals surface area contributed by atoms with Gasteiger partial charge in [-0.15, -0.1) is 0 Å². The van der Waals surface area contributed by atoms with Crippen molar-refractivity contribution in [1.29, 1.82) is 0 Å². The first-order chi connectivity index (χ1) is 5.38. The van der Waals surface area contributed by atoms with Gasteiger partial charge in [0.25, 0.3) is 0 Å². The minimum atomic E-state index is 0.480. The highest BCUT2D eigenvalue weighted by Crippen LogP contribution is 2.25. The molecule has 0 amide bonds. The first-order valence-corrected chi connectivity index (χ1v) is 4.87. The van der Waals surface area contributed by atoms with E-state index < -0.39 is 0 Å². The van der Waals surface area contributed by atoms with Crippen molar-refractivity contribution >= 4 is 0 Å². The summed E-state index contributed by atoms with van der Waals surface area (Å²) in [4.78, 5) is 2.59. The SMILES string of the molecule is N[C@@H]1CCC[C@H]1N1CCCC1. The van der Waals surface area contributed by atoms with Gasteiger partial charge in [-0.05, 0) is 38.8 Å². The highest BCUT2D eigenvalue weighted by Gasteiger charge is 2.30. The third-order valence-corrected chi connectivity index (χ3v) is 3.14. The standard InChI is InChI=1S/C9H18N2/c10-8-4-3-5-9(8)11-6-1-2-7-11/h8-9H,1-7,10H2/t8-,9-/m1/s1. The Bertz CT molecular complexity index is 130. The van der Waals surface area contributed by atoms with E-state index >= 15 is 0 Å². The van der Waals surface area contributed by atoms with Crippen LogP contribution >= 0.6 is 0 Å². The number of hydrogen-bond donors (Lipinski definition) is 1. The molecule has 1 saturated heterocycles. The maximum Gasteiger partial charge on any atom is 0.0247 e. The van der Waals surface area contributed by atoms with Gasteiger partial charge < -0.3 is 5.73 Å². The third kappa shape index (κ3) is 1.42. The topological polar surface area (TPSA) is 29.3 Å². The Morgan fingerprint density at radius 3 is 2.27 bits per heavy atom. The minimum absolute atomic E-state index is 0.480. The Morgan fingerprint density at radius 1 is 1.00 bits per heavy atom. The van der Waals surface area contributed by atoms with E-state index in [1.807, 2.05) is 0 Å². The van der Waals surface area contributed by atoms with Crippen LogP contribution in [0.2, 0.25) is 0 Å². The summed E-state index contributed by atoms with van der Waals surface area (Å²) < 4.78 is 0. The quantitative estimate of drug-likeness (QED) is 0.609. The number of nitrogens with two attached hydrogens (primary N) is 1. The zero-order valence-corrected chi connectivity index (χ0v) is 7.13. The second kappa shape index (κ2) is 3.11. The zero-order chi connectivity index (χ0) is 7.68. The second-order valence-corrected chi connectivity index (χ2v) is 3.91. The molecule has 2 rings (SSSR count). The van der Waals surface area contributed by atoms with Crippen LogP contribution in [0.3, 0.4) is 0 Å². The molecule has 2 nitrogen and oxygen atoms in total. The highest BCUT2D eigenvalue weighted by atomic mass is 15.2. The molecule has 0 spiro atoms. The van der Waals surface area contributed by atoms with Gasteiger partial charge in [0.15, 0.2) is 0 Å². The third-order valence-electron chi connectivity index (χ3n) is 3.14. The molecular weight excluding hydrogens is 136 g/mol. The molecule has 2 fully saturated rings. The molecule has 1 aliphatic carbocycles. The lowest BCUT2D eigenvalue weighted by Gasteiger charge is -2.26. The average Bonchev–Trinajstić information content (AvgIpc) is 2.55. The summed E-state index contributed by atoms with van der Waals surface area (Å²) in [5.41, 5.74) is 6.02. The van der Waals surface area contributed by atoms with Gasteiger partial charge >= 0.3 is 0 Å². The number of likely N-dealkylation sites (tertiary alicyclic amines) is 1. The maximum absolute atomic E-state index is 6.02. The molecule has 2 aliphatic rings. The van der Waals surface area contributed by atoms with E-state index in [0.29, 0.717) is 6.04 Å². The molecular formula is C9H18N2. The van der Waals surface area contributed by atoms with E-state index in [1.165, 1.54) is 45.2 Å². The Balaban J connectivity index is 1.92. The average molecular weight is 154 g/mol. The first kappa shape index (κ1) is 7.56. The molecule has 0 aromatic carbocycles. The van der Waals surface area contributed by atoms with Crippen LogP contribution < -0.4 is 5.73 Å². The molecule has 1 saturated carbocycles. The Hall–Kier alpha value is -0.0800. The van der Waals surface area contributed by atoms with Gasteiger partial charge in [0, 0.05) is 12.1 Å². The van der Waals surface area contributed by atoms with Crippen molar-refractivity contribution < 1.29 is 0 Å². The fourth-order valence-electron chi connectivity index (χ4n) is 2.50. The largest absolute Gasteiger partial charge is 0.326 e. The van der Waals surface area contributed by atoms with Crippen molar-refractivity contribution in [3.05, 3.63) is 0 Å². The molecule has 0 aromatic heterocycles. The van der Waals surface area contributed by atoms with Crippen molar-refractivity contribution in [2.75, 3.05) is 13.1 Å². The number of rotatable bonds is 1. The molecule has 1 heterocycles. The zero-order valence-electron chi connectivity index (χ0n) is 7.13. The lowest BCUT2D eigenvalue weighted by atomic mass is 10.1. The van der Waals surface area contributed by atoms with Crippen LogP contribution in [0.4, 0.5) is 0 Å². The van der Waals surface area contributed by atoms with Gasteiger partial charge in [-0.2, -0.15) is 0 Å². The van der Waals surface area contributed by atoms with E-state index in [4.69, 9.17) is 5.73 Å². The van der Waals surface area contributed by atoms with E-state index in [9.17, 15) is 0 Å². The molecule has 64 valence electrons. The van der Waals surface area contributed by atoms with Crippen molar-refractivity contribution in [2.24, 2.45) is 5.73 Å². The van der Waals surface area contributed by atoms with Crippen LogP contribution in [0.15, 0.2) is 0 Å². The molecule has 2 atom stereocenters. The molecule has 1 aliphatic heterocycles. The monoisotopic (exact) mass is 154 g/mol. The van der Waals surface area contributed by atoms with Crippen molar-refractivity contribution in [2.45, 2.75) is 44.2 Å². The van der Waals surface area contributed by atoms with Crippen LogP contribution in [-0.2, 0) is 0 Å². The molecule has 0 aromatic rings. The smallest absolute Gasteiger partial charge is 0.0247 e.